The normalized spacial score (nSPS) is 21.9. The number of likely N-dealkylation sites (tertiary alicyclic amines) is 1. The lowest BCUT2D eigenvalue weighted by Gasteiger charge is -2.33. The number of nitrogens with two attached hydrogens (primary N) is 1. The maximum atomic E-state index is 14.7. The van der Waals surface area contributed by atoms with Crippen molar-refractivity contribution in [1.82, 2.24) is 24.4 Å². The van der Waals surface area contributed by atoms with Crippen LogP contribution in [-0.4, -0.2) is 43.6 Å². The number of aromatic amines is 1. The predicted molar refractivity (Wildman–Crippen MR) is 139 cm³/mol. The van der Waals surface area contributed by atoms with Gasteiger partial charge in [-0.3, -0.25) is 14.5 Å². The van der Waals surface area contributed by atoms with Crippen molar-refractivity contribution in [3.63, 3.8) is 0 Å². The van der Waals surface area contributed by atoms with Crippen molar-refractivity contribution in [3.05, 3.63) is 93.8 Å². The molecule has 1 fully saturated rings. The first-order valence-corrected chi connectivity index (χ1v) is 13.1. The Morgan fingerprint density at radius 3 is 2.54 bits per heavy atom. The number of nitrogens with one attached hydrogen (secondary N) is 1. The van der Waals surface area contributed by atoms with Crippen LogP contribution in [0.15, 0.2) is 59.7 Å². The summed E-state index contributed by atoms with van der Waals surface area (Å²) in [6.07, 6.45) is 3.99. The van der Waals surface area contributed by atoms with Crippen molar-refractivity contribution in [3.8, 4) is 0 Å². The highest BCUT2D eigenvalue weighted by molar-refractivity contribution is 5.70. The summed E-state index contributed by atoms with van der Waals surface area (Å²) in [6, 6.07) is 10.5. The number of halogens is 2. The Bertz CT molecular complexity index is 1580. The molecule has 1 amide bonds. The number of imidazole rings is 1. The van der Waals surface area contributed by atoms with Gasteiger partial charge in [-0.25, -0.2) is 23.4 Å². The third kappa shape index (κ3) is 4.56. The van der Waals surface area contributed by atoms with E-state index in [0.717, 1.165) is 11.6 Å². The van der Waals surface area contributed by atoms with E-state index in [-0.39, 0.29) is 17.3 Å². The quantitative estimate of drug-likeness (QED) is 0.374. The van der Waals surface area contributed by atoms with E-state index in [1.165, 1.54) is 6.07 Å². The van der Waals surface area contributed by atoms with Crippen molar-refractivity contribution >= 4 is 17.3 Å². The number of carbonyl (C=O) groups excluding carboxylic acids is 1. The van der Waals surface area contributed by atoms with Crippen molar-refractivity contribution < 1.29 is 18.3 Å². The van der Waals surface area contributed by atoms with Gasteiger partial charge in [-0.15, -0.1) is 0 Å². The molecule has 9 nitrogen and oxygen atoms in total. The average Bonchev–Trinajstić information content (AvgIpc) is 3.23. The van der Waals surface area contributed by atoms with Crippen LogP contribution in [0.1, 0.15) is 66.6 Å². The number of hydrogen-bond donors (Lipinski definition) is 2. The molecular weight excluding hydrogens is 506 g/mol. The van der Waals surface area contributed by atoms with Crippen LogP contribution in [-0.2, 0) is 4.74 Å². The number of hydrogen-bond acceptors (Lipinski definition) is 6. The number of rotatable bonds is 3. The fraction of sp³-hybridized carbons (Fsp3) is 0.357. The second-order valence-electron chi connectivity index (χ2n) is 10.1. The Morgan fingerprint density at radius 2 is 1.72 bits per heavy atom. The molecule has 0 bridgehead atoms. The number of pyridine rings is 2. The van der Waals surface area contributed by atoms with E-state index in [1.54, 1.807) is 46.1 Å². The molecule has 1 aliphatic heterocycles. The minimum absolute atomic E-state index is 0.0697. The van der Waals surface area contributed by atoms with Crippen LogP contribution in [0, 0.1) is 11.6 Å². The van der Waals surface area contributed by atoms with Gasteiger partial charge >= 0.3 is 11.8 Å². The van der Waals surface area contributed by atoms with Crippen molar-refractivity contribution in [2.45, 2.75) is 49.8 Å². The van der Waals surface area contributed by atoms with Crippen molar-refractivity contribution in [2.75, 3.05) is 13.1 Å². The van der Waals surface area contributed by atoms with Gasteiger partial charge in [0.1, 0.15) is 6.10 Å². The first-order chi connectivity index (χ1) is 18.9. The number of amides is 1. The van der Waals surface area contributed by atoms with Gasteiger partial charge in [-0.1, -0.05) is 18.2 Å². The number of benzene rings is 1. The van der Waals surface area contributed by atoms with Crippen LogP contribution in [0.4, 0.5) is 13.6 Å². The number of H-pyrrole nitrogens is 1. The molecule has 3 N–H and O–H groups in total. The maximum absolute atomic E-state index is 14.7. The molecule has 6 rings (SSSR count). The van der Waals surface area contributed by atoms with Crippen molar-refractivity contribution in [2.24, 2.45) is 5.73 Å². The molecular formula is C28H28F2N6O3. The zero-order chi connectivity index (χ0) is 27.1. The molecule has 4 aromatic rings. The van der Waals surface area contributed by atoms with Gasteiger partial charge < -0.3 is 15.4 Å². The topological polar surface area (TPSA) is 119 Å². The molecule has 1 aliphatic carbocycles. The molecule has 0 unspecified atom stereocenters. The van der Waals surface area contributed by atoms with Gasteiger partial charge in [0.2, 0.25) is 0 Å². The van der Waals surface area contributed by atoms with Crippen molar-refractivity contribution in [1.29, 1.82) is 0 Å². The predicted octanol–water partition coefficient (Wildman–Crippen LogP) is 4.49. The van der Waals surface area contributed by atoms with Gasteiger partial charge in [-0.2, -0.15) is 0 Å². The number of ether oxygens (including phenoxy) is 1. The summed E-state index contributed by atoms with van der Waals surface area (Å²) < 4.78 is 36.4. The van der Waals surface area contributed by atoms with Crippen LogP contribution in [0.25, 0.3) is 11.2 Å². The van der Waals surface area contributed by atoms with Gasteiger partial charge in [0.25, 0.3) is 0 Å². The van der Waals surface area contributed by atoms with E-state index < -0.39 is 35.8 Å². The molecule has 0 saturated carbocycles. The lowest BCUT2D eigenvalue weighted by Crippen LogP contribution is -2.41. The molecule has 3 aromatic heterocycles. The summed E-state index contributed by atoms with van der Waals surface area (Å²) >= 11 is 0. The van der Waals surface area contributed by atoms with Gasteiger partial charge in [-0.05, 0) is 61.1 Å². The summed E-state index contributed by atoms with van der Waals surface area (Å²) in [5.41, 5.74) is 9.02. The van der Waals surface area contributed by atoms with E-state index in [4.69, 9.17) is 10.5 Å². The fourth-order valence-electron chi connectivity index (χ4n) is 5.94. The van der Waals surface area contributed by atoms with E-state index in [0.29, 0.717) is 55.7 Å². The Morgan fingerprint density at radius 1 is 0.974 bits per heavy atom. The fourth-order valence-corrected chi connectivity index (χ4v) is 5.94. The van der Waals surface area contributed by atoms with E-state index in [2.05, 4.69) is 15.0 Å². The second kappa shape index (κ2) is 10.2. The van der Waals surface area contributed by atoms with E-state index in [9.17, 15) is 18.4 Å². The number of piperidine rings is 1. The largest absolute Gasteiger partial charge is 0.440 e. The Kier molecular flexibility index (Phi) is 6.59. The third-order valence-electron chi connectivity index (χ3n) is 7.91. The van der Waals surface area contributed by atoms with E-state index in [1.807, 2.05) is 6.07 Å². The Labute approximate surface area is 222 Å². The number of aromatic nitrogens is 4. The third-order valence-corrected chi connectivity index (χ3v) is 7.91. The minimum Gasteiger partial charge on any atom is -0.440 e. The second-order valence-corrected chi connectivity index (χ2v) is 10.1. The van der Waals surface area contributed by atoms with Crippen LogP contribution >= 0.6 is 0 Å². The Balaban J connectivity index is 1.18. The summed E-state index contributed by atoms with van der Waals surface area (Å²) in [6.45, 7) is 0.836. The molecule has 3 atom stereocenters. The zero-order valence-corrected chi connectivity index (χ0v) is 21.1. The van der Waals surface area contributed by atoms with Crippen LogP contribution in [0.2, 0.25) is 0 Å². The number of nitrogens with zero attached hydrogens (tertiary/aromatic N) is 4. The molecule has 11 heteroatoms. The lowest BCUT2D eigenvalue weighted by atomic mass is 9.86. The molecule has 1 saturated heterocycles. The standard InChI is InChI=1S/C28H28F2N6O3/c29-20-6-1-4-17(23(20)30)18-8-9-22(25-19(24(18)31)5-2-12-32-25)39-28(38)35-14-10-16(11-15-35)36-21-7-3-13-33-26(21)34-27(36)37/h1-7,12-13,16,18,22,24H,8-11,14-15,31H2,(H,33,34,37)/t18-,22-,24-/m1/s1. The highest BCUT2D eigenvalue weighted by atomic mass is 19.2. The average molecular weight is 535 g/mol. The summed E-state index contributed by atoms with van der Waals surface area (Å²) in [4.78, 5) is 38.9. The summed E-state index contributed by atoms with van der Waals surface area (Å²) in [7, 11) is 0. The maximum Gasteiger partial charge on any atom is 0.410 e. The molecule has 1 aromatic carbocycles. The van der Waals surface area contributed by atoms with Gasteiger partial charge in [0, 0.05) is 43.5 Å². The van der Waals surface area contributed by atoms with E-state index >= 15 is 0 Å². The monoisotopic (exact) mass is 534 g/mol. The van der Waals surface area contributed by atoms with Gasteiger partial charge in [0.15, 0.2) is 17.3 Å². The van der Waals surface area contributed by atoms with Crippen LogP contribution in [0.5, 0.6) is 0 Å². The first-order valence-electron chi connectivity index (χ1n) is 13.1. The minimum atomic E-state index is -0.923. The summed E-state index contributed by atoms with van der Waals surface area (Å²) in [5.74, 6) is -2.34. The first kappa shape index (κ1) is 25.2. The zero-order valence-electron chi connectivity index (χ0n) is 21.1. The number of fused-ring (bicyclic) bond motifs is 2. The number of carbonyl (C=O) groups is 1. The van der Waals surface area contributed by atoms with Gasteiger partial charge in [0.05, 0.1) is 11.2 Å². The summed E-state index contributed by atoms with van der Waals surface area (Å²) in [5, 5.41) is 0. The SMILES string of the molecule is N[C@H]1c2cccnc2[C@H](OC(=O)N2CCC(n3c(=O)[nH]c4ncccc43)CC2)CC[C@@H]1c1cccc(F)c1F. The molecule has 4 heterocycles. The van der Waals surface area contributed by atoms with Crippen LogP contribution < -0.4 is 11.4 Å². The molecule has 0 radical (unpaired) electrons. The molecule has 202 valence electrons. The highest BCUT2D eigenvalue weighted by Gasteiger charge is 2.36. The molecule has 2 aliphatic rings. The molecule has 0 spiro atoms. The lowest BCUT2D eigenvalue weighted by molar-refractivity contribution is 0.0472. The highest BCUT2D eigenvalue weighted by Crippen LogP contribution is 2.43. The molecule has 39 heavy (non-hydrogen) atoms. The smallest absolute Gasteiger partial charge is 0.410 e. The van der Waals surface area contributed by atoms with Crippen LogP contribution in [0.3, 0.4) is 0 Å². The Hall–Kier alpha value is -4.12.